The summed E-state index contributed by atoms with van der Waals surface area (Å²) in [6.07, 6.45) is -3.64. The Labute approximate surface area is 267 Å². The molecule has 15 heteroatoms. The van der Waals surface area contributed by atoms with Gasteiger partial charge in [0.1, 0.15) is 11.5 Å². The van der Waals surface area contributed by atoms with Crippen LogP contribution in [0.2, 0.25) is 5.15 Å². The number of amides is 2. The number of likely N-dealkylation sites (tertiary alicyclic amines) is 1. The van der Waals surface area contributed by atoms with Gasteiger partial charge < -0.3 is 19.8 Å². The van der Waals surface area contributed by atoms with E-state index in [0.717, 1.165) is 5.56 Å². The highest BCUT2D eigenvalue weighted by atomic mass is 35.5. The molecule has 0 spiro atoms. The van der Waals surface area contributed by atoms with Crippen molar-refractivity contribution >= 4 is 34.6 Å². The van der Waals surface area contributed by atoms with Gasteiger partial charge in [-0.2, -0.15) is 13.2 Å². The molecule has 3 fully saturated rings. The van der Waals surface area contributed by atoms with Gasteiger partial charge in [0.15, 0.2) is 5.65 Å². The molecule has 0 unspecified atom stereocenters. The van der Waals surface area contributed by atoms with Gasteiger partial charge in [0.05, 0.1) is 54.2 Å². The monoisotopic (exact) mass is 665 g/mol. The molecule has 2 N–H and O–H groups in total. The molecule has 248 valence electrons. The van der Waals surface area contributed by atoms with E-state index in [1.807, 2.05) is 6.92 Å². The highest BCUT2D eigenvalue weighted by molar-refractivity contribution is 6.31. The highest BCUT2D eigenvalue weighted by Gasteiger charge is 2.68. The maximum absolute atomic E-state index is 13.5. The minimum atomic E-state index is -4.42. The van der Waals surface area contributed by atoms with Crippen molar-refractivity contribution in [1.82, 2.24) is 23.9 Å². The zero-order chi connectivity index (χ0) is 33.2. The molecule has 2 aromatic heterocycles. The number of aromatic nitrogens is 3. The molecule has 6 rings (SSSR count). The van der Waals surface area contributed by atoms with Crippen molar-refractivity contribution in [3.63, 3.8) is 0 Å². The number of rotatable bonds is 6. The number of hydrogen-bond acceptors (Lipinski definition) is 6. The lowest BCUT2D eigenvalue weighted by molar-refractivity contribution is -0.165. The summed E-state index contributed by atoms with van der Waals surface area (Å²) in [5.41, 5.74) is -1.62. The third-order valence-corrected chi connectivity index (χ3v) is 10.1. The van der Waals surface area contributed by atoms with Crippen LogP contribution in [-0.2, 0) is 16.1 Å². The average molecular weight is 666 g/mol. The third-order valence-electron chi connectivity index (χ3n) is 9.81. The van der Waals surface area contributed by atoms with E-state index in [1.165, 1.54) is 33.7 Å². The number of aliphatic hydroxyl groups is 1. The van der Waals surface area contributed by atoms with Gasteiger partial charge in [-0.05, 0) is 49.4 Å². The first kappa shape index (κ1) is 32.3. The first-order valence-electron chi connectivity index (χ1n) is 15.2. The van der Waals surface area contributed by atoms with Crippen molar-refractivity contribution in [2.24, 2.45) is 11.3 Å². The van der Waals surface area contributed by atoms with Gasteiger partial charge in [-0.25, -0.2) is 9.78 Å². The number of carboxylic acid groups (broad SMARTS) is 1. The van der Waals surface area contributed by atoms with E-state index in [2.05, 4.69) is 4.98 Å². The minimum Gasteiger partial charge on any atom is -0.465 e. The van der Waals surface area contributed by atoms with E-state index < -0.39 is 46.7 Å². The number of benzene rings is 1. The van der Waals surface area contributed by atoms with Crippen molar-refractivity contribution in [3.8, 4) is 5.69 Å². The number of carbonyl (C=O) groups excluding carboxylic acids is 1. The van der Waals surface area contributed by atoms with Crippen LogP contribution in [0.3, 0.4) is 0 Å². The number of morpholine rings is 1. The molecule has 0 radical (unpaired) electrons. The predicted molar refractivity (Wildman–Crippen MR) is 161 cm³/mol. The molecule has 1 saturated carbocycles. The summed E-state index contributed by atoms with van der Waals surface area (Å²) in [5.74, 6) is -2.21. The fraction of sp³-hybridized carbons (Fsp3) is 0.548. The molecule has 1 aromatic carbocycles. The van der Waals surface area contributed by atoms with Gasteiger partial charge in [-0.15, -0.1) is 0 Å². The highest BCUT2D eigenvalue weighted by Crippen LogP contribution is 2.61. The standard InChI is InChI=1S/C31H35ClF3N5O6/c1-3-20-14-39(28(43)44)22(15-46-20)18-4-6-19(7-5-18)40-24(32)12-21-25(40)36-17-38(26(21)41)16-30(45)8-10-37(11-9-30)27(42)29(2)13-23(29)31(33,34)35/h4-7,12,17,20,22-23,45H,3,8-11,13-16H2,1-2H3,(H,43,44)/t20-,22-,23-,29-/m0/s1. The molecule has 2 amide bonds. The van der Waals surface area contributed by atoms with Crippen LogP contribution in [0.15, 0.2) is 41.5 Å². The van der Waals surface area contributed by atoms with E-state index in [1.54, 1.807) is 28.8 Å². The normalized spacial score (nSPS) is 26.4. The van der Waals surface area contributed by atoms with Crippen LogP contribution in [0.25, 0.3) is 16.7 Å². The molecule has 2 aliphatic heterocycles. The molecule has 4 atom stereocenters. The first-order valence-corrected chi connectivity index (χ1v) is 15.6. The largest absolute Gasteiger partial charge is 0.465 e. The number of alkyl halides is 3. The number of piperidine rings is 1. The van der Waals surface area contributed by atoms with Crippen molar-refractivity contribution in [1.29, 1.82) is 0 Å². The van der Waals surface area contributed by atoms with Crippen LogP contribution in [0, 0.1) is 11.3 Å². The summed E-state index contributed by atoms with van der Waals surface area (Å²) in [4.78, 5) is 45.5. The first-order chi connectivity index (χ1) is 21.6. The summed E-state index contributed by atoms with van der Waals surface area (Å²) in [6.45, 7) is 3.83. The quantitative estimate of drug-likeness (QED) is 0.393. The van der Waals surface area contributed by atoms with E-state index in [-0.39, 0.29) is 68.7 Å². The second kappa shape index (κ2) is 11.6. The molecule has 3 aliphatic rings. The van der Waals surface area contributed by atoms with Crippen molar-refractivity contribution < 1.29 is 37.7 Å². The molecular weight excluding hydrogens is 631 g/mol. The lowest BCUT2D eigenvalue weighted by atomic mass is 9.90. The van der Waals surface area contributed by atoms with Gasteiger partial charge >= 0.3 is 12.3 Å². The fourth-order valence-corrected chi connectivity index (χ4v) is 7.07. The number of fused-ring (bicyclic) bond motifs is 1. The Balaban J connectivity index is 1.17. The molecule has 11 nitrogen and oxygen atoms in total. The van der Waals surface area contributed by atoms with Crippen LogP contribution in [0.1, 0.15) is 51.1 Å². The van der Waals surface area contributed by atoms with E-state index in [4.69, 9.17) is 16.3 Å². The molecular formula is C31H35ClF3N5O6. The maximum Gasteiger partial charge on any atom is 0.407 e. The Morgan fingerprint density at radius 3 is 2.43 bits per heavy atom. The molecule has 1 aliphatic carbocycles. The Morgan fingerprint density at radius 2 is 1.85 bits per heavy atom. The smallest absolute Gasteiger partial charge is 0.407 e. The van der Waals surface area contributed by atoms with Crippen molar-refractivity contribution in [3.05, 3.63) is 57.7 Å². The molecule has 3 aromatic rings. The minimum absolute atomic E-state index is 0.0779. The Bertz CT molecular complexity index is 1720. The second-order valence-electron chi connectivity index (χ2n) is 12.9. The van der Waals surface area contributed by atoms with Gasteiger partial charge in [-0.3, -0.25) is 23.6 Å². The van der Waals surface area contributed by atoms with E-state index >= 15 is 0 Å². The SMILES string of the molecule is CC[C@H]1CN(C(=O)O)[C@H](c2ccc(-n3c(Cl)cc4c(=O)n(CC5(O)CCN(C(=O)[C@@]6(C)C[C@@H]6C(F)(F)F)CC5)cnc43)cc2)CO1. The van der Waals surface area contributed by atoms with Crippen LogP contribution in [-0.4, -0.2) is 90.3 Å². The fourth-order valence-electron chi connectivity index (χ4n) is 6.78. The molecule has 46 heavy (non-hydrogen) atoms. The number of halogens is 4. The topological polar surface area (TPSA) is 130 Å². The zero-order valence-electron chi connectivity index (χ0n) is 25.3. The van der Waals surface area contributed by atoms with E-state index in [9.17, 15) is 37.8 Å². The van der Waals surface area contributed by atoms with Gasteiger partial charge in [-0.1, -0.05) is 37.6 Å². The number of nitrogens with zero attached hydrogens (tertiary/aromatic N) is 5. The molecule has 0 bridgehead atoms. The summed E-state index contributed by atoms with van der Waals surface area (Å²) in [7, 11) is 0. The summed E-state index contributed by atoms with van der Waals surface area (Å²) < 4.78 is 48.2. The summed E-state index contributed by atoms with van der Waals surface area (Å²) >= 11 is 6.57. The molecule has 4 heterocycles. The van der Waals surface area contributed by atoms with Crippen molar-refractivity contribution in [2.75, 3.05) is 26.2 Å². The van der Waals surface area contributed by atoms with Crippen LogP contribution < -0.4 is 5.56 Å². The molecule has 2 saturated heterocycles. The maximum atomic E-state index is 13.5. The van der Waals surface area contributed by atoms with Crippen molar-refractivity contribution in [2.45, 2.75) is 70.0 Å². The van der Waals surface area contributed by atoms with Gasteiger partial charge in [0.2, 0.25) is 5.91 Å². The summed E-state index contributed by atoms with van der Waals surface area (Å²) in [5, 5.41) is 21.5. The average Bonchev–Trinajstić information content (AvgIpc) is 3.63. The lowest BCUT2D eigenvalue weighted by Gasteiger charge is -2.39. The van der Waals surface area contributed by atoms with Crippen LogP contribution in [0.5, 0.6) is 0 Å². The number of carbonyl (C=O) groups is 2. The predicted octanol–water partition coefficient (Wildman–Crippen LogP) is 4.61. The van der Waals surface area contributed by atoms with Crippen LogP contribution in [0.4, 0.5) is 18.0 Å². The Morgan fingerprint density at radius 1 is 1.17 bits per heavy atom. The van der Waals surface area contributed by atoms with Gasteiger partial charge in [0.25, 0.3) is 5.56 Å². The van der Waals surface area contributed by atoms with Gasteiger partial charge in [0, 0.05) is 18.8 Å². The zero-order valence-corrected chi connectivity index (χ0v) is 26.1. The summed E-state index contributed by atoms with van der Waals surface area (Å²) in [6, 6.07) is 8.11. The van der Waals surface area contributed by atoms with E-state index in [0.29, 0.717) is 17.8 Å². The Kier molecular flexibility index (Phi) is 8.13. The third kappa shape index (κ3) is 5.75. The Hall–Kier alpha value is -3.62. The number of hydrogen-bond donors (Lipinski definition) is 2. The van der Waals surface area contributed by atoms with Crippen LogP contribution >= 0.6 is 11.6 Å². The number of ether oxygens (including phenoxy) is 1. The lowest BCUT2D eigenvalue weighted by Crippen LogP contribution is -2.51. The second-order valence-corrected chi connectivity index (χ2v) is 13.2.